The van der Waals surface area contributed by atoms with Crippen molar-refractivity contribution in [3.8, 4) is 0 Å². The van der Waals surface area contributed by atoms with Crippen LogP contribution in [0.3, 0.4) is 0 Å². The first-order chi connectivity index (χ1) is 7.51. The second-order valence-electron chi connectivity index (χ2n) is 3.26. The second-order valence-corrected chi connectivity index (χ2v) is 4.11. The molecule has 0 aliphatic rings. The number of rotatable bonds is 3. The number of benzene rings is 1. The van der Waals surface area contributed by atoms with E-state index in [-0.39, 0.29) is 10.3 Å². The van der Waals surface area contributed by atoms with Gasteiger partial charge in [-0.25, -0.2) is 9.18 Å². The van der Waals surface area contributed by atoms with E-state index in [9.17, 15) is 14.3 Å². The minimum absolute atomic E-state index is 0.227. The van der Waals surface area contributed by atoms with E-state index in [0.717, 1.165) is 0 Å². The zero-order valence-corrected chi connectivity index (χ0v) is 10.5. The third-order valence-corrected chi connectivity index (χ3v) is 2.82. The fourth-order valence-corrected chi connectivity index (χ4v) is 1.85. The van der Waals surface area contributed by atoms with E-state index < -0.39 is 12.1 Å². The van der Waals surface area contributed by atoms with E-state index in [1.54, 1.807) is 6.92 Å². The van der Waals surface area contributed by atoms with Gasteiger partial charge in [-0.2, -0.15) is 0 Å². The molecular weight excluding hydrogens is 279 g/mol. The van der Waals surface area contributed by atoms with Gasteiger partial charge in [0.1, 0.15) is 5.82 Å². The van der Waals surface area contributed by atoms with Crippen molar-refractivity contribution in [2.75, 3.05) is 7.11 Å². The smallest absolute Gasteiger partial charge is 0.339 e. The molecule has 0 radical (unpaired) electrons. The van der Waals surface area contributed by atoms with Gasteiger partial charge in [-0.15, -0.1) is 0 Å². The van der Waals surface area contributed by atoms with Crippen LogP contribution in [0.25, 0.3) is 0 Å². The summed E-state index contributed by atoms with van der Waals surface area (Å²) in [5.41, 5.74) is 0.754. The summed E-state index contributed by atoms with van der Waals surface area (Å²) in [4.78, 5) is 11.1. The molecule has 88 valence electrons. The highest BCUT2D eigenvalue weighted by Crippen LogP contribution is 2.25. The largest absolute Gasteiger partial charge is 0.467 e. The zero-order valence-electron chi connectivity index (χ0n) is 8.96. The standard InChI is InChI=1S/C11H12BrFO3/c1-3-6-4-7(5-8(12)9(6)13)10(14)11(15)16-2/h4-5,10,14H,3H2,1-2H3. The molecule has 0 bridgehead atoms. The number of ether oxygens (including phenoxy) is 1. The Morgan fingerprint density at radius 1 is 1.62 bits per heavy atom. The summed E-state index contributed by atoms with van der Waals surface area (Å²) in [6.45, 7) is 1.79. The van der Waals surface area contributed by atoms with E-state index in [1.807, 2.05) is 0 Å². The molecular formula is C11H12BrFO3. The van der Waals surface area contributed by atoms with Gasteiger partial charge in [0.05, 0.1) is 11.6 Å². The normalized spacial score (nSPS) is 12.3. The zero-order chi connectivity index (χ0) is 12.3. The molecule has 5 heteroatoms. The highest BCUT2D eigenvalue weighted by molar-refractivity contribution is 9.10. The molecule has 0 fully saturated rings. The van der Waals surface area contributed by atoms with Gasteiger partial charge < -0.3 is 9.84 Å². The first-order valence-electron chi connectivity index (χ1n) is 4.75. The van der Waals surface area contributed by atoms with E-state index in [1.165, 1.54) is 19.2 Å². The van der Waals surface area contributed by atoms with Crippen molar-refractivity contribution in [2.45, 2.75) is 19.4 Å². The summed E-state index contributed by atoms with van der Waals surface area (Å²) >= 11 is 3.04. The number of aliphatic hydroxyl groups excluding tert-OH is 1. The molecule has 0 aromatic heterocycles. The lowest BCUT2D eigenvalue weighted by atomic mass is 10.0. The lowest BCUT2D eigenvalue weighted by molar-refractivity contribution is -0.150. The monoisotopic (exact) mass is 290 g/mol. The summed E-state index contributed by atoms with van der Waals surface area (Å²) in [5, 5.41) is 9.61. The average molecular weight is 291 g/mol. The maximum absolute atomic E-state index is 13.5. The number of halogens is 2. The van der Waals surface area contributed by atoms with Crippen LogP contribution >= 0.6 is 15.9 Å². The Morgan fingerprint density at radius 2 is 2.25 bits per heavy atom. The number of carbonyl (C=O) groups is 1. The van der Waals surface area contributed by atoms with Crippen molar-refractivity contribution in [2.24, 2.45) is 0 Å². The molecule has 0 saturated heterocycles. The highest BCUT2D eigenvalue weighted by Gasteiger charge is 2.20. The van der Waals surface area contributed by atoms with Crippen molar-refractivity contribution in [3.05, 3.63) is 33.5 Å². The van der Waals surface area contributed by atoms with Crippen LogP contribution in [0.2, 0.25) is 0 Å². The van der Waals surface area contributed by atoms with Crippen LogP contribution in [0.5, 0.6) is 0 Å². The van der Waals surface area contributed by atoms with Crippen molar-refractivity contribution in [3.63, 3.8) is 0 Å². The Labute approximate surface area is 101 Å². The van der Waals surface area contributed by atoms with Crippen LogP contribution in [-0.4, -0.2) is 18.2 Å². The van der Waals surface area contributed by atoms with Crippen LogP contribution < -0.4 is 0 Å². The summed E-state index contributed by atoms with van der Waals surface area (Å²) in [6, 6.07) is 2.83. The first kappa shape index (κ1) is 13.1. The Kier molecular flexibility index (Phi) is 4.44. The number of aryl methyl sites for hydroxylation is 1. The number of methoxy groups -OCH3 is 1. The third-order valence-electron chi connectivity index (χ3n) is 2.25. The van der Waals surface area contributed by atoms with Gasteiger partial charge in [0.15, 0.2) is 6.10 Å². The van der Waals surface area contributed by atoms with Crippen molar-refractivity contribution < 1.29 is 19.0 Å². The van der Waals surface area contributed by atoms with Crippen molar-refractivity contribution in [1.82, 2.24) is 0 Å². The first-order valence-corrected chi connectivity index (χ1v) is 5.54. The van der Waals surface area contributed by atoms with Crippen LogP contribution in [-0.2, 0) is 16.0 Å². The van der Waals surface area contributed by atoms with Crippen molar-refractivity contribution >= 4 is 21.9 Å². The van der Waals surface area contributed by atoms with E-state index >= 15 is 0 Å². The molecule has 1 N–H and O–H groups in total. The minimum atomic E-state index is -1.38. The molecule has 0 amide bonds. The summed E-state index contributed by atoms with van der Waals surface area (Å²) in [5.74, 6) is -1.14. The van der Waals surface area contributed by atoms with Gasteiger partial charge in [-0.05, 0) is 45.6 Å². The van der Waals surface area contributed by atoms with Crippen molar-refractivity contribution in [1.29, 1.82) is 0 Å². The Balaban J connectivity index is 3.16. The van der Waals surface area contributed by atoms with Gasteiger partial charge in [-0.1, -0.05) is 6.92 Å². The van der Waals surface area contributed by atoms with Gasteiger partial charge >= 0.3 is 5.97 Å². The molecule has 3 nitrogen and oxygen atoms in total. The highest BCUT2D eigenvalue weighted by atomic mass is 79.9. The molecule has 1 rings (SSSR count). The quantitative estimate of drug-likeness (QED) is 0.870. The second kappa shape index (κ2) is 5.41. The number of aliphatic hydroxyl groups is 1. The van der Waals surface area contributed by atoms with E-state index in [4.69, 9.17) is 0 Å². The third kappa shape index (κ3) is 2.59. The molecule has 1 aromatic carbocycles. The van der Waals surface area contributed by atoms with E-state index in [2.05, 4.69) is 20.7 Å². The fourth-order valence-electron chi connectivity index (χ4n) is 1.33. The fraction of sp³-hybridized carbons (Fsp3) is 0.364. The number of hydrogen-bond acceptors (Lipinski definition) is 3. The summed E-state index contributed by atoms with van der Waals surface area (Å²) < 4.78 is 18.1. The predicted molar refractivity (Wildman–Crippen MR) is 60.5 cm³/mol. The van der Waals surface area contributed by atoms with E-state index in [0.29, 0.717) is 17.5 Å². The molecule has 0 aliphatic carbocycles. The molecule has 0 spiro atoms. The summed E-state index contributed by atoms with van der Waals surface area (Å²) in [6.07, 6.45) is -0.904. The molecule has 1 unspecified atom stereocenters. The molecule has 1 aromatic rings. The van der Waals surface area contributed by atoms with Crippen LogP contribution in [0.4, 0.5) is 4.39 Å². The molecule has 1 atom stereocenters. The summed E-state index contributed by atoms with van der Waals surface area (Å²) in [7, 11) is 1.19. The maximum Gasteiger partial charge on any atom is 0.339 e. The molecule has 0 heterocycles. The number of carbonyl (C=O) groups excluding carboxylic acids is 1. The SMILES string of the molecule is CCc1cc(C(O)C(=O)OC)cc(Br)c1F. The topological polar surface area (TPSA) is 46.5 Å². The number of hydrogen-bond donors (Lipinski definition) is 1. The lowest BCUT2D eigenvalue weighted by Gasteiger charge is -2.11. The predicted octanol–water partition coefficient (Wildman–Crippen LogP) is 2.36. The van der Waals surface area contributed by atoms with Crippen LogP contribution in [0.1, 0.15) is 24.2 Å². The van der Waals surface area contributed by atoms with Gasteiger partial charge in [-0.3, -0.25) is 0 Å². The average Bonchev–Trinajstić information content (AvgIpc) is 2.30. The molecule has 16 heavy (non-hydrogen) atoms. The lowest BCUT2D eigenvalue weighted by Crippen LogP contribution is -2.14. The van der Waals surface area contributed by atoms with Crippen LogP contribution in [0, 0.1) is 5.82 Å². The maximum atomic E-state index is 13.5. The van der Waals surface area contributed by atoms with Gasteiger partial charge in [0.25, 0.3) is 0 Å². The number of esters is 1. The molecule has 0 aliphatic heterocycles. The Hall–Kier alpha value is -0.940. The van der Waals surface area contributed by atoms with Gasteiger partial charge in [0, 0.05) is 0 Å². The van der Waals surface area contributed by atoms with Gasteiger partial charge in [0.2, 0.25) is 0 Å². The van der Waals surface area contributed by atoms with Crippen LogP contribution in [0.15, 0.2) is 16.6 Å². The minimum Gasteiger partial charge on any atom is -0.467 e. The Morgan fingerprint density at radius 3 is 2.75 bits per heavy atom. The Bertz CT molecular complexity index is 406. The molecule has 0 saturated carbocycles.